The molecule has 0 unspecified atom stereocenters. The Balaban J connectivity index is 1.40. The van der Waals surface area contributed by atoms with Crippen LogP contribution in [0, 0.1) is 10.1 Å². The quantitative estimate of drug-likeness (QED) is 0.164. The number of ether oxygens (including phenoxy) is 2. The lowest BCUT2D eigenvalue weighted by Gasteiger charge is -2.13. The average Bonchev–Trinajstić information content (AvgIpc) is 3.15. The van der Waals surface area contributed by atoms with Gasteiger partial charge in [-0.3, -0.25) is 19.7 Å². The van der Waals surface area contributed by atoms with Gasteiger partial charge < -0.3 is 20.1 Å². The third-order valence-corrected chi connectivity index (χ3v) is 6.05. The van der Waals surface area contributed by atoms with Crippen molar-refractivity contribution in [2.24, 2.45) is 0 Å². The first-order chi connectivity index (χ1) is 18.2. The van der Waals surface area contributed by atoms with Crippen molar-refractivity contribution in [3.63, 3.8) is 0 Å². The molecule has 38 heavy (non-hydrogen) atoms. The summed E-state index contributed by atoms with van der Waals surface area (Å²) in [7, 11) is 1.47. The number of nitrogens with one attached hydrogen (secondary N) is 2. The number of nitro groups is 1. The smallest absolute Gasteiger partial charge is 0.329 e. The molecule has 3 aromatic carbocycles. The van der Waals surface area contributed by atoms with Gasteiger partial charge in [0, 0.05) is 12.1 Å². The Labute approximate surface area is 225 Å². The monoisotopic (exact) mass is 580 g/mol. The Morgan fingerprint density at radius 2 is 1.89 bits per heavy atom. The molecule has 194 valence electrons. The van der Waals surface area contributed by atoms with Crippen molar-refractivity contribution in [1.29, 1.82) is 0 Å². The molecule has 4 rings (SSSR count). The van der Waals surface area contributed by atoms with Gasteiger partial charge in [0.25, 0.3) is 11.6 Å². The average molecular weight is 581 g/mol. The predicted octanol–water partition coefficient (Wildman–Crippen LogP) is 4.48. The summed E-state index contributed by atoms with van der Waals surface area (Å²) in [6, 6.07) is 17.2. The molecule has 12 heteroatoms. The van der Waals surface area contributed by atoms with Gasteiger partial charge in [-0.2, -0.15) is 0 Å². The number of hydrogen-bond acceptors (Lipinski definition) is 7. The van der Waals surface area contributed by atoms with Crippen LogP contribution in [0.3, 0.4) is 0 Å². The highest BCUT2D eigenvalue weighted by Crippen LogP contribution is 2.29. The van der Waals surface area contributed by atoms with Gasteiger partial charge in [0.2, 0.25) is 5.91 Å². The Morgan fingerprint density at radius 3 is 2.63 bits per heavy atom. The summed E-state index contributed by atoms with van der Waals surface area (Å²) in [4.78, 5) is 48.9. The third-order valence-electron chi connectivity index (χ3n) is 5.43. The van der Waals surface area contributed by atoms with Crippen LogP contribution < -0.4 is 20.1 Å². The van der Waals surface area contributed by atoms with Crippen LogP contribution in [0.1, 0.15) is 11.1 Å². The van der Waals surface area contributed by atoms with Gasteiger partial charge in [0.15, 0.2) is 0 Å². The minimum atomic E-state index is -0.715. The highest BCUT2D eigenvalue weighted by atomic mass is 79.9. The Hall–Kier alpha value is -4.71. The van der Waals surface area contributed by atoms with Gasteiger partial charge in [-0.25, -0.2) is 9.69 Å². The highest BCUT2D eigenvalue weighted by molar-refractivity contribution is 9.10. The summed E-state index contributed by atoms with van der Waals surface area (Å²) < 4.78 is 11.5. The van der Waals surface area contributed by atoms with Gasteiger partial charge in [0.05, 0.1) is 22.2 Å². The lowest BCUT2D eigenvalue weighted by Crippen LogP contribution is -2.38. The fourth-order valence-electron chi connectivity index (χ4n) is 3.61. The number of benzene rings is 3. The number of amides is 4. The van der Waals surface area contributed by atoms with Gasteiger partial charge >= 0.3 is 6.03 Å². The normalized spacial score (nSPS) is 13.8. The fourth-order valence-corrected chi connectivity index (χ4v) is 4.12. The zero-order chi connectivity index (χ0) is 27.2. The second-order valence-electron chi connectivity index (χ2n) is 8.03. The summed E-state index contributed by atoms with van der Waals surface area (Å²) in [5.41, 5.74) is 1.62. The number of nitro benzene ring substituents is 1. The van der Waals surface area contributed by atoms with Crippen molar-refractivity contribution in [3.05, 3.63) is 98.1 Å². The first kappa shape index (κ1) is 26.4. The number of non-ortho nitro benzene ring substituents is 1. The molecule has 1 fully saturated rings. The number of halogens is 1. The number of hydrogen-bond donors (Lipinski definition) is 2. The number of carbonyl (C=O) groups is 3. The molecule has 2 N–H and O–H groups in total. The van der Waals surface area contributed by atoms with Gasteiger partial charge in [-0.1, -0.05) is 30.3 Å². The van der Waals surface area contributed by atoms with Crippen LogP contribution in [0.25, 0.3) is 6.08 Å². The van der Waals surface area contributed by atoms with Gasteiger partial charge in [-0.15, -0.1) is 0 Å². The van der Waals surface area contributed by atoms with Crippen molar-refractivity contribution in [2.75, 3.05) is 19.0 Å². The summed E-state index contributed by atoms with van der Waals surface area (Å²) in [6.07, 6.45) is 1.48. The summed E-state index contributed by atoms with van der Waals surface area (Å²) >= 11 is 3.41. The van der Waals surface area contributed by atoms with Crippen LogP contribution in [0.4, 0.5) is 16.2 Å². The number of urea groups is 1. The first-order valence-corrected chi connectivity index (χ1v) is 12.0. The van der Waals surface area contributed by atoms with E-state index in [9.17, 15) is 24.5 Å². The standard InChI is InChI=1S/C26H21BrN4O7/c1-37-23-8-3-2-7-20(23)28-24(32)14-30-25(33)21(29-26(30)34)13-16-9-10-22(19(27)12-16)38-15-17-5-4-6-18(11-17)31(35)36/h2-13H,14-15H2,1H3,(H,28,32)(H,29,34)/b21-13+. The number of imide groups is 1. The lowest BCUT2D eigenvalue weighted by atomic mass is 10.1. The van der Waals surface area contributed by atoms with Crippen molar-refractivity contribution < 1.29 is 28.8 Å². The highest BCUT2D eigenvalue weighted by Gasteiger charge is 2.35. The number of nitrogens with zero attached hydrogens (tertiary/aromatic N) is 2. The van der Waals surface area contributed by atoms with Crippen molar-refractivity contribution in [2.45, 2.75) is 6.61 Å². The van der Waals surface area contributed by atoms with E-state index in [2.05, 4.69) is 26.6 Å². The zero-order valence-corrected chi connectivity index (χ0v) is 21.6. The van der Waals surface area contributed by atoms with E-state index in [0.717, 1.165) is 4.90 Å². The van der Waals surface area contributed by atoms with Crippen molar-refractivity contribution in [3.8, 4) is 11.5 Å². The number of methoxy groups -OCH3 is 1. The maximum Gasteiger partial charge on any atom is 0.329 e. The number of carbonyl (C=O) groups excluding carboxylic acids is 3. The minimum Gasteiger partial charge on any atom is -0.495 e. The molecule has 0 atom stereocenters. The van der Waals surface area contributed by atoms with E-state index in [4.69, 9.17) is 9.47 Å². The zero-order valence-electron chi connectivity index (χ0n) is 20.0. The van der Waals surface area contributed by atoms with E-state index in [1.807, 2.05) is 0 Å². The van der Waals surface area contributed by atoms with Crippen LogP contribution >= 0.6 is 15.9 Å². The number of anilines is 1. The first-order valence-electron chi connectivity index (χ1n) is 11.2. The fraction of sp³-hybridized carbons (Fsp3) is 0.115. The van der Waals surface area contributed by atoms with E-state index in [1.165, 1.54) is 25.3 Å². The predicted molar refractivity (Wildman–Crippen MR) is 141 cm³/mol. The molecular formula is C26H21BrN4O7. The topological polar surface area (TPSA) is 140 Å². The molecule has 0 bridgehead atoms. The molecule has 0 saturated carbocycles. The molecule has 0 aliphatic carbocycles. The molecule has 4 amide bonds. The summed E-state index contributed by atoms with van der Waals surface area (Å²) in [6.45, 7) is -0.366. The maximum absolute atomic E-state index is 12.8. The largest absolute Gasteiger partial charge is 0.495 e. The van der Waals surface area contributed by atoms with Crippen LogP contribution in [0.15, 0.2) is 76.9 Å². The maximum atomic E-state index is 12.8. The van der Waals surface area contributed by atoms with E-state index < -0.39 is 29.3 Å². The lowest BCUT2D eigenvalue weighted by molar-refractivity contribution is -0.384. The molecule has 3 aromatic rings. The third kappa shape index (κ3) is 6.16. The van der Waals surface area contributed by atoms with Crippen LogP contribution in [-0.4, -0.2) is 41.3 Å². The molecule has 1 aliphatic rings. The Bertz CT molecular complexity index is 1460. The van der Waals surface area contributed by atoms with Crippen molar-refractivity contribution in [1.82, 2.24) is 10.2 Å². The second-order valence-corrected chi connectivity index (χ2v) is 8.89. The Kier molecular flexibility index (Phi) is 8.02. The van der Waals surface area contributed by atoms with E-state index in [-0.39, 0.29) is 18.0 Å². The molecule has 1 aliphatic heterocycles. The van der Waals surface area contributed by atoms with E-state index in [1.54, 1.807) is 54.6 Å². The number of para-hydroxylation sites is 2. The Morgan fingerprint density at radius 1 is 1.11 bits per heavy atom. The molecule has 1 saturated heterocycles. The van der Waals surface area contributed by atoms with E-state index in [0.29, 0.717) is 32.8 Å². The SMILES string of the molecule is COc1ccccc1NC(=O)CN1C(=O)N/C(=C/c2ccc(OCc3cccc([N+](=O)[O-])c3)c(Br)c2)C1=O. The molecule has 1 heterocycles. The summed E-state index contributed by atoms with van der Waals surface area (Å²) in [5.74, 6) is -0.281. The van der Waals surface area contributed by atoms with Crippen LogP contribution in [-0.2, 0) is 16.2 Å². The van der Waals surface area contributed by atoms with Gasteiger partial charge in [0.1, 0.15) is 30.3 Å². The molecule has 0 radical (unpaired) electrons. The van der Waals surface area contributed by atoms with E-state index >= 15 is 0 Å². The van der Waals surface area contributed by atoms with Crippen molar-refractivity contribution >= 4 is 51.2 Å². The van der Waals surface area contributed by atoms with Gasteiger partial charge in [-0.05, 0) is 57.4 Å². The molecule has 0 spiro atoms. The number of rotatable bonds is 9. The molecular weight excluding hydrogens is 560 g/mol. The minimum absolute atomic E-state index is 0.0113. The molecule has 11 nitrogen and oxygen atoms in total. The summed E-state index contributed by atoms with van der Waals surface area (Å²) in [5, 5.41) is 16.1. The molecule has 0 aromatic heterocycles. The van der Waals surface area contributed by atoms with Crippen LogP contribution in [0.5, 0.6) is 11.5 Å². The second kappa shape index (κ2) is 11.6. The van der Waals surface area contributed by atoms with Crippen LogP contribution in [0.2, 0.25) is 0 Å².